The molecule has 1 saturated heterocycles. The Morgan fingerprint density at radius 2 is 2.10 bits per heavy atom. The van der Waals surface area contributed by atoms with E-state index in [1.165, 1.54) is 12.1 Å². The van der Waals surface area contributed by atoms with Crippen LogP contribution in [0.4, 0.5) is 0 Å². The quantitative estimate of drug-likeness (QED) is 0.838. The monoisotopic (exact) mass is 270 g/mol. The van der Waals surface area contributed by atoms with Crippen LogP contribution in [0, 0.1) is 5.92 Å². The Labute approximate surface area is 117 Å². The summed E-state index contributed by atoms with van der Waals surface area (Å²) in [5, 5.41) is 0. The van der Waals surface area contributed by atoms with Crippen LogP contribution >= 0.6 is 0 Å². The molecule has 4 heteroatoms. The zero-order valence-electron chi connectivity index (χ0n) is 11.4. The SMILES string of the molecule is O=c1cccc2n1CC1CC2CN(Cc2ccco2)C1. The Hall–Kier alpha value is -1.81. The fourth-order valence-electron chi connectivity index (χ4n) is 3.75. The van der Waals surface area contributed by atoms with Crippen molar-refractivity contribution in [3.05, 3.63) is 58.4 Å². The molecule has 0 radical (unpaired) electrons. The van der Waals surface area contributed by atoms with Crippen LogP contribution in [-0.4, -0.2) is 22.6 Å². The van der Waals surface area contributed by atoms with Crippen molar-refractivity contribution in [2.45, 2.75) is 25.4 Å². The van der Waals surface area contributed by atoms with E-state index in [0.717, 1.165) is 31.9 Å². The molecule has 0 spiro atoms. The van der Waals surface area contributed by atoms with Gasteiger partial charge in [-0.05, 0) is 30.5 Å². The lowest BCUT2D eigenvalue weighted by molar-refractivity contribution is 0.108. The Morgan fingerprint density at radius 1 is 1.15 bits per heavy atom. The molecule has 1 fully saturated rings. The highest BCUT2D eigenvalue weighted by Gasteiger charge is 2.34. The van der Waals surface area contributed by atoms with Gasteiger partial charge >= 0.3 is 0 Å². The molecule has 20 heavy (non-hydrogen) atoms. The Balaban J connectivity index is 1.60. The van der Waals surface area contributed by atoms with Gasteiger partial charge in [-0.1, -0.05) is 6.07 Å². The predicted molar refractivity (Wildman–Crippen MR) is 75.5 cm³/mol. The van der Waals surface area contributed by atoms with Crippen molar-refractivity contribution < 1.29 is 4.42 Å². The lowest BCUT2D eigenvalue weighted by Crippen LogP contribution is -2.46. The molecule has 2 atom stereocenters. The Kier molecular flexibility index (Phi) is 2.77. The highest BCUT2D eigenvalue weighted by Crippen LogP contribution is 2.35. The minimum absolute atomic E-state index is 0.150. The first-order valence-electron chi connectivity index (χ1n) is 7.24. The highest BCUT2D eigenvalue weighted by molar-refractivity contribution is 5.17. The van der Waals surface area contributed by atoms with Gasteiger partial charge in [-0.15, -0.1) is 0 Å². The molecule has 0 N–H and O–H groups in total. The fourth-order valence-corrected chi connectivity index (χ4v) is 3.75. The predicted octanol–water partition coefficient (Wildman–Crippen LogP) is 2.06. The summed E-state index contributed by atoms with van der Waals surface area (Å²) in [6.45, 7) is 3.80. The van der Waals surface area contributed by atoms with Gasteiger partial charge in [-0.3, -0.25) is 9.69 Å². The van der Waals surface area contributed by atoms with E-state index in [4.69, 9.17) is 4.42 Å². The Morgan fingerprint density at radius 3 is 2.95 bits per heavy atom. The minimum atomic E-state index is 0.150. The van der Waals surface area contributed by atoms with Gasteiger partial charge in [0.05, 0.1) is 12.8 Å². The smallest absolute Gasteiger partial charge is 0.250 e. The lowest BCUT2D eigenvalue weighted by atomic mass is 9.83. The summed E-state index contributed by atoms with van der Waals surface area (Å²) < 4.78 is 7.43. The number of likely N-dealkylation sites (tertiary alicyclic amines) is 1. The van der Waals surface area contributed by atoms with Crippen LogP contribution in [0.15, 0.2) is 45.8 Å². The summed E-state index contributed by atoms with van der Waals surface area (Å²) in [7, 11) is 0. The number of piperidine rings is 1. The summed E-state index contributed by atoms with van der Waals surface area (Å²) in [5.41, 5.74) is 1.36. The third-order valence-electron chi connectivity index (χ3n) is 4.51. The van der Waals surface area contributed by atoms with Gasteiger partial charge in [0.15, 0.2) is 0 Å². The second-order valence-electron chi connectivity index (χ2n) is 5.97. The van der Waals surface area contributed by atoms with Crippen molar-refractivity contribution in [1.29, 1.82) is 0 Å². The third-order valence-corrected chi connectivity index (χ3v) is 4.51. The van der Waals surface area contributed by atoms with Crippen LogP contribution in [0.3, 0.4) is 0 Å². The molecule has 2 unspecified atom stereocenters. The number of hydrogen-bond acceptors (Lipinski definition) is 3. The van der Waals surface area contributed by atoms with E-state index in [1.54, 1.807) is 12.3 Å². The molecule has 104 valence electrons. The van der Waals surface area contributed by atoms with E-state index < -0.39 is 0 Å². The molecule has 4 nitrogen and oxygen atoms in total. The maximum atomic E-state index is 12.0. The van der Waals surface area contributed by atoms with Gasteiger partial charge in [-0.2, -0.15) is 0 Å². The normalized spacial score (nSPS) is 25.4. The molecule has 0 aromatic carbocycles. The second-order valence-corrected chi connectivity index (χ2v) is 5.97. The molecule has 0 aliphatic carbocycles. The first-order chi connectivity index (χ1) is 9.79. The van der Waals surface area contributed by atoms with Crippen LogP contribution < -0.4 is 5.56 Å². The van der Waals surface area contributed by atoms with Crippen molar-refractivity contribution in [1.82, 2.24) is 9.47 Å². The maximum Gasteiger partial charge on any atom is 0.250 e. The number of hydrogen-bond donors (Lipinski definition) is 0. The Bertz CT molecular complexity index is 659. The number of aromatic nitrogens is 1. The molecule has 2 aromatic heterocycles. The molecule has 2 aliphatic heterocycles. The number of furan rings is 1. The second kappa shape index (κ2) is 4.63. The average Bonchev–Trinajstić information content (AvgIpc) is 2.93. The maximum absolute atomic E-state index is 12.0. The summed E-state index contributed by atoms with van der Waals surface area (Å²) >= 11 is 0. The van der Waals surface area contributed by atoms with Gasteiger partial charge in [-0.25, -0.2) is 0 Å². The standard InChI is InChI=1S/C16H18N2O2/c19-16-5-1-4-15-13-7-12(9-18(15)16)8-17(10-13)11-14-3-2-6-20-14/h1-6,12-13H,7-11H2. The molecule has 2 bridgehead atoms. The zero-order chi connectivity index (χ0) is 13.5. The van der Waals surface area contributed by atoms with E-state index >= 15 is 0 Å². The van der Waals surface area contributed by atoms with Gasteiger partial charge in [0.2, 0.25) is 0 Å². The number of rotatable bonds is 2. The number of nitrogens with zero attached hydrogens (tertiary/aromatic N) is 2. The lowest BCUT2D eigenvalue weighted by Gasteiger charge is -2.42. The zero-order valence-corrected chi connectivity index (χ0v) is 11.4. The van der Waals surface area contributed by atoms with Gasteiger partial charge in [0.1, 0.15) is 5.76 Å². The van der Waals surface area contributed by atoms with Crippen LogP contribution in [0.1, 0.15) is 23.8 Å². The summed E-state index contributed by atoms with van der Waals surface area (Å²) in [6.07, 6.45) is 2.94. The highest BCUT2D eigenvalue weighted by atomic mass is 16.3. The topological polar surface area (TPSA) is 38.4 Å². The molecule has 4 rings (SSSR count). The van der Waals surface area contributed by atoms with Crippen molar-refractivity contribution in [3.63, 3.8) is 0 Å². The van der Waals surface area contributed by atoms with Gasteiger partial charge in [0.25, 0.3) is 5.56 Å². The molecule has 2 aliphatic rings. The minimum Gasteiger partial charge on any atom is -0.468 e. The van der Waals surface area contributed by atoms with E-state index in [1.807, 2.05) is 22.8 Å². The molecule has 0 saturated carbocycles. The van der Waals surface area contributed by atoms with Crippen LogP contribution in [0.25, 0.3) is 0 Å². The fraction of sp³-hybridized carbons (Fsp3) is 0.438. The first-order valence-corrected chi connectivity index (χ1v) is 7.24. The molecule has 0 amide bonds. The van der Waals surface area contributed by atoms with E-state index in [-0.39, 0.29) is 5.56 Å². The first kappa shape index (κ1) is 12.0. The molecule has 2 aromatic rings. The van der Waals surface area contributed by atoms with Crippen LogP contribution in [0.5, 0.6) is 0 Å². The average molecular weight is 270 g/mol. The molecular weight excluding hydrogens is 252 g/mol. The molecule has 4 heterocycles. The third kappa shape index (κ3) is 2.00. The van der Waals surface area contributed by atoms with Crippen molar-refractivity contribution >= 4 is 0 Å². The summed E-state index contributed by atoms with van der Waals surface area (Å²) in [6, 6.07) is 9.64. The van der Waals surface area contributed by atoms with Crippen molar-refractivity contribution in [2.75, 3.05) is 13.1 Å². The van der Waals surface area contributed by atoms with Crippen LogP contribution in [0.2, 0.25) is 0 Å². The van der Waals surface area contributed by atoms with Crippen molar-refractivity contribution in [2.24, 2.45) is 5.92 Å². The van der Waals surface area contributed by atoms with E-state index in [9.17, 15) is 4.79 Å². The van der Waals surface area contributed by atoms with Crippen LogP contribution in [-0.2, 0) is 13.1 Å². The number of fused-ring (bicyclic) bond motifs is 4. The van der Waals surface area contributed by atoms with E-state index in [0.29, 0.717) is 11.8 Å². The van der Waals surface area contributed by atoms with Crippen molar-refractivity contribution in [3.8, 4) is 0 Å². The number of pyridine rings is 1. The summed E-state index contributed by atoms with van der Waals surface area (Å²) in [5.74, 6) is 2.08. The van der Waals surface area contributed by atoms with E-state index in [2.05, 4.69) is 11.0 Å². The summed E-state index contributed by atoms with van der Waals surface area (Å²) in [4.78, 5) is 14.4. The van der Waals surface area contributed by atoms with Gasteiger partial charge < -0.3 is 8.98 Å². The molecular formula is C16H18N2O2. The van der Waals surface area contributed by atoms with Gasteiger partial charge in [0, 0.05) is 37.3 Å². The largest absolute Gasteiger partial charge is 0.468 e.